The van der Waals surface area contributed by atoms with Gasteiger partial charge in [0.05, 0.1) is 4.83 Å². The van der Waals surface area contributed by atoms with E-state index in [0.29, 0.717) is 13.2 Å². The SMILES string of the molecule is Brc1cc(Br)cc(C(Br)c2cc3c(cc2Br)OCCO3)c1. The standard InChI is InChI=1S/C15H10Br4O2/c16-9-3-8(4-10(17)5-9)15(19)11-6-13-14(7-12(11)18)21-2-1-20-13/h3-7,15H,1-2H2. The minimum absolute atomic E-state index is 0.0523. The van der Waals surface area contributed by atoms with E-state index in [9.17, 15) is 0 Å². The van der Waals surface area contributed by atoms with Gasteiger partial charge in [0.25, 0.3) is 0 Å². The molecule has 1 aliphatic heterocycles. The lowest BCUT2D eigenvalue weighted by atomic mass is 10.0. The normalized spacial score (nSPS) is 14.9. The van der Waals surface area contributed by atoms with Crippen LogP contribution in [0.2, 0.25) is 0 Å². The number of ether oxygens (including phenoxy) is 2. The van der Waals surface area contributed by atoms with Gasteiger partial charge in [-0.2, -0.15) is 0 Å². The summed E-state index contributed by atoms with van der Waals surface area (Å²) in [5, 5.41) is 0. The van der Waals surface area contributed by atoms with E-state index in [0.717, 1.165) is 36.0 Å². The van der Waals surface area contributed by atoms with Crippen LogP contribution < -0.4 is 9.47 Å². The number of benzene rings is 2. The molecule has 2 nitrogen and oxygen atoms in total. The van der Waals surface area contributed by atoms with Crippen LogP contribution in [0.3, 0.4) is 0 Å². The minimum atomic E-state index is 0.0523. The number of hydrogen-bond donors (Lipinski definition) is 0. The van der Waals surface area contributed by atoms with Crippen molar-refractivity contribution in [2.24, 2.45) is 0 Å². The molecule has 1 aliphatic rings. The first-order valence-electron chi connectivity index (χ1n) is 6.23. The summed E-state index contributed by atoms with van der Waals surface area (Å²) >= 11 is 14.4. The van der Waals surface area contributed by atoms with Gasteiger partial charge in [0, 0.05) is 13.4 Å². The van der Waals surface area contributed by atoms with Gasteiger partial charge >= 0.3 is 0 Å². The predicted octanol–water partition coefficient (Wildman–Crippen LogP) is 6.23. The maximum Gasteiger partial charge on any atom is 0.162 e. The molecule has 0 saturated carbocycles. The minimum Gasteiger partial charge on any atom is -0.486 e. The fourth-order valence-electron chi connectivity index (χ4n) is 2.17. The fraction of sp³-hybridized carbons (Fsp3) is 0.200. The quantitative estimate of drug-likeness (QED) is 0.420. The smallest absolute Gasteiger partial charge is 0.162 e. The molecule has 0 amide bonds. The van der Waals surface area contributed by atoms with Gasteiger partial charge in [0.2, 0.25) is 0 Å². The zero-order valence-corrected chi connectivity index (χ0v) is 17.1. The molecule has 0 aromatic heterocycles. The summed E-state index contributed by atoms with van der Waals surface area (Å²) in [4.78, 5) is 0.0523. The van der Waals surface area contributed by atoms with Crippen molar-refractivity contribution in [2.45, 2.75) is 4.83 Å². The van der Waals surface area contributed by atoms with Crippen molar-refractivity contribution in [3.05, 3.63) is 54.9 Å². The third-order valence-electron chi connectivity index (χ3n) is 3.11. The largest absolute Gasteiger partial charge is 0.486 e. The van der Waals surface area contributed by atoms with Gasteiger partial charge in [-0.1, -0.05) is 63.7 Å². The maximum absolute atomic E-state index is 5.67. The summed E-state index contributed by atoms with van der Waals surface area (Å²) in [6.45, 7) is 1.18. The molecule has 21 heavy (non-hydrogen) atoms. The van der Waals surface area contributed by atoms with Crippen molar-refractivity contribution in [2.75, 3.05) is 13.2 Å². The fourth-order valence-corrected chi connectivity index (χ4v) is 5.01. The lowest BCUT2D eigenvalue weighted by Crippen LogP contribution is -2.15. The van der Waals surface area contributed by atoms with Crippen LogP contribution in [0.4, 0.5) is 0 Å². The zero-order chi connectivity index (χ0) is 15.0. The van der Waals surface area contributed by atoms with E-state index in [1.807, 2.05) is 18.2 Å². The average molecular weight is 542 g/mol. The van der Waals surface area contributed by atoms with Crippen molar-refractivity contribution in [1.29, 1.82) is 0 Å². The second-order valence-corrected chi connectivity index (χ2v) is 8.18. The summed E-state index contributed by atoms with van der Waals surface area (Å²) in [5.74, 6) is 1.57. The van der Waals surface area contributed by atoms with E-state index in [4.69, 9.17) is 9.47 Å². The molecule has 0 aliphatic carbocycles. The number of fused-ring (bicyclic) bond motifs is 1. The number of halogens is 4. The third-order valence-corrected chi connectivity index (χ3v) is 5.74. The second kappa shape index (κ2) is 6.60. The summed E-state index contributed by atoms with van der Waals surface area (Å²) in [7, 11) is 0. The van der Waals surface area contributed by atoms with Crippen LogP contribution in [-0.2, 0) is 0 Å². The highest BCUT2D eigenvalue weighted by Crippen LogP contribution is 2.43. The van der Waals surface area contributed by atoms with Crippen molar-refractivity contribution < 1.29 is 9.47 Å². The van der Waals surface area contributed by atoms with Gasteiger partial charge in [-0.25, -0.2) is 0 Å². The van der Waals surface area contributed by atoms with Crippen LogP contribution in [0, 0.1) is 0 Å². The summed E-state index contributed by atoms with van der Waals surface area (Å²) in [6, 6.07) is 10.2. The first-order valence-corrected chi connectivity index (χ1v) is 9.53. The van der Waals surface area contributed by atoms with Gasteiger partial charge in [-0.05, 0) is 41.5 Å². The van der Waals surface area contributed by atoms with E-state index in [2.05, 4.69) is 75.9 Å². The van der Waals surface area contributed by atoms with Crippen LogP contribution in [0.5, 0.6) is 11.5 Å². The molecule has 0 fully saturated rings. The van der Waals surface area contributed by atoms with Crippen molar-refractivity contribution in [1.82, 2.24) is 0 Å². The highest BCUT2D eigenvalue weighted by atomic mass is 79.9. The van der Waals surface area contributed by atoms with Gasteiger partial charge in [-0.15, -0.1) is 0 Å². The molecule has 110 valence electrons. The van der Waals surface area contributed by atoms with Crippen LogP contribution in [0.1, 0.15) is 16.0 Å². The average Bonchev–Trinajstić information content (AvgIpc) is 2.44. The molecule has 2 aromatic rings. The molecule has 0 bridgehead atoms. The van der Waals surface area contributed by atoms with E-state index in [1.165, 1.54) is 0 Å². The molecular weight excluding hydrogens is 532 g/mol. The van der Waals surface area contributed by atoms with E-state index in [1.54, 1.807) is 0 Å². The lowest BCUT2D eigenvalue weighted by molar-refractivity contribution is 0.171. The highest BCUT2D eigenvalue weighted by molar-refractivity contribution is 9.11. The molecule has 0 radical (unpaired) electrons. The van der Waals surface area contributed by atoms with Crippen LogP contribution in [0.25, 0.3) is 0 Å². The van der Waals surface area contributed by atoms with E-state index >= 15 is 0 Å². The number of hydrogen-bond acceptors (Lipinski definition) is 2. The molecule has 0 spiro atoms. The Balaban J connectivity index is 2.02. The van der Waals surface area contributed by atoms with E-state index in [-0.39, 0.29) is 4.83 Å². The lowest BCUT2D eigenvalue weighted by Gasteiger charge is -2.21. The number of alkyl halides is 1. The van der Waals surface area contributed by atoms with Gasteiger partial charge in [0.15, 0.2) is 11.5 Å². The van der Waals surface area contributed by atoms with Crippen molar-refractivity contribution >= 4 is 63.7 Å². The first-order chi connectivity index (χ1) is 10.0. The Bertz CT molecular complexity index is 667. The molecule has 0 saturated heterocycles. The van der Waals surface area contributed by atoms with Gasteiger partial charge in [-0.3, -0.25) is 0 Å². The Morgan fingerprint density at radius 1 is 0.810 bits per heavy atom. The summed E-state index contributed by atoms with van der Waals surface area (Å²) in [6.07, 6.45) is 0. The Kier molecular flexibility index (Phi) is 4.98. The second-order valence-electron chi connectivity index (χ2n) is 4.58. The van der Waals surface area contributed by atoms with Crippen LogP contribution >= 0.6 is 63.7 Å². The number of rotatable bonds is 2. The third kappa shape index (κ3) is 3.49. The zero-order valence-electron chi connectivity index (χ0n) is 10.7. The van der Waals surface area contributed by atoms with Gasteiger partial charge < -0.3 is 9.47 Å². The molecule has 3 rings (SSSR count). The molecular formula is C15H10Br4O2. The molecule has 1 atom stereocenters. The molecule has 6 heteroatoms. The topological polar surface area (TPSA) is 18.5 Å². The Morgan fingerprint density at radius 3 is 2.00 bits per heavy atom. The summed E-state index contributed by atoms with van der Waals surface area (Å²) < 4.78 is 14.3. The first kappa shape index (κ1) is 15.8. The Hall–Kier alpha value is -0.0400. The highest BCUT2D eigenvalue weighted by Gasteiger charge is 2.20. The van der Waals surface area contributed by atoms with Crippen molar-refractivity contribution in [3.63, 3.8) is 0 Å². The van der Waals surface area contributed by atoms with E-state index < -0.39 is 0 Å². The monoisotopic (exact) mass is 538 g/mol. The molecule has 0 N–H and O–H groups in total. The Labute approximate surface area is 156 Å². The molecule has 1 heterocycles. The summed E-state index contributed by atoms with van der Waals surface area (Å²) in [5.41, 5.74) is 2.25. The van der Waals surface area contributed by atoms with Gasteiger partial charge in [0.1, 0.15) is 13.2 Å². The predicted molar refractivity (Wildman–Crippen MR) is 97.7 cm³/mol. The Morgan fingerprint density at radius 2 is 1.38 bits per heavy atom. The molecule has 2 aromatic carbocycles. The molecule has 1 unspecified atom stereocenters. The van der Waals surface area contributed by atoms with Crippen molar-refractivity contribution in [3.8, 4) is 11.5 Å². The maximum atomic E-state index is 5.67. The van der Waals surface area contributed by atoms with Crippen LogP contribution in [0.15, 0.2) is 43.7 Å². The van der Waals surface area contributed by atoms with Crippen LogP contribution in [-0.4, -0.2) is 13.2 Å².